The van der Waals surface area contributed by atoms with Crippen molar-refractivity contribution in [2.75, 3.05) is 104 Å². The van der Waals surface area contributed by atoms with Crippen LogP contribution in [-0.4, -0.2) is 180 Å². The first-order chi connectivity index (χ1) is 44.6. The number of amides is 7. The van der Waals surface area contributed by atoms with E-state index >= 15 is 0 Å². The van der Waals surface area contributed by atoms with Crippen LogP contribution >= 0.6 is 0 Å². The number of benzene rings is 3. The molecule has 3 aromatic carbocycles. The number of ether oxygens (including phenoxy) is 9. The molecule has 0 aromatic heterocycles. The summed E-state index contributed by atoms with van der Waals surface area (Å²) in [6, 6.07) is 10.6. The topological polar surface area (TPSA) is 293 Å². The summed E-state index contributed by atoms with van der Waals surface area (Å²) >= 11 is 0. The lowest BCUT2D eigenvalue weighted by molar-refractivity contribution is -0.128. The number of nitrogens with zero attached hydrogens (tertiary/aromatic N) is 4. The maximum Gasteiger partial charge on any atom is 0.416 e. The van der Waals surface area contributed by atoms with Crippen molar-refractivity contribution < 1.29 is 81.3 Å². The zero-order chi connectivity index (χ0) is 67.0. The Kier molecular flexibility index (Phi) is 33.9. The first kappa shape index (κ1) is 76.8. The van der Waals surface area contributed by atoms with Crippen LogP contribution in [-0.2, 0) is 49.5 Å². The molecular formula is C68H96N8O17. The molecule has 25 heteroatoms. The molecule has 0 fully saturated rings. The maximum absolute atomic E-state index is 14.3. The molecule has 0 aliphatic carbocycles. The minimum Gasteiger partial charge on any atom is -0.493 e. The van der Waals surface area contributed by atoms with Crippen LogP contribution < -0.4 is 45.1 Å². The van der Waals surface area contributed by atoms with Gasteiger partial charge < -0.3 is 78.8 Å². The van der Waals surface area contributed by atoms with Gasteiger partial charge in [-0.2, -0.15) is 0 Å². The minimum atomic E-state index is -1.57. The summed E-state index contributed by atoms with van der Waals surface area (Å²) in [5.41, 5.74) is 3.59. The minimum absolute atomic E-state index is 0. The van der Waals surface area contributed by atoms with Gasteiger partial charge in [-0.1, -0.05) is 84.9 Å². The van der Waals surface area contributed by atoms with Gasteiger partial charge in [-0.3, -0.25) is 33.8 Å². The number of rotatable bonds is 33. The van der Waals surface area contributed by atoms with E-state index < -0.39 is 48.0 Å². The molecule has 4 aliphatic heterocycles. The van der Waals surface area contributed by atoms with Crippen molar-refractivity contribution in [2.24, 2.45) is 4.99 Å². The van der Waals surface area contributed by atoms with Crippen LogP contribution in [0.2, 0.25) is 0 Å². The van der Waals surface area contributed by atoms with Crippen LogP contribution in [0.5, 0.6) is 23.0 Å². The third-order valence-electron chi connectivity index (χ3n) is 14.0. The van der Waals surface area contributed by atoms with Crippen molar-refractivity contribution in [1.29, 1.82) is 0 Å². The summed E-state index contributed by atoms with van der Waals surface area (Å²) < 4.78 is 51.2. The Morgan fingerprint density at radius 2 is 1.25 bits per heavy atom. The van der Waals surface area contributed by atoms with Crippen LogP contribution in [0.15, 0.2) is 101 Å². The lowest BCUT2D eigenvalue weighted by Crippen LogP contribution is -2.50. The fourth-order valence-corrected chi connectivity index (χ4v) is 9.55. The van der Waals surface area contributed by atoms with Crippen molar-refractivity contribution in [3.05, 3.63) is 113 Å². The van der Waals surface area contributed by atoms with Crippen LogP contribution in [0, 0.1) is 0 Å². The number of hydrogen-bond acceptors (Lipinski definition) is 18. The second-order valence-corrected chi connectivity index (χ2v) is 20.9. The Hall–Kier alpha value is -8.62. The quantitative estimate of drug-likeness (QED) is 0.0356. The van der Waals surface area contributed by atoms with Crippen LogP contribution in [0.3, 0.4) is 0 Å². The van der Waals surface area contributed by atoms with E-state index in [2.05, 4.69) is 40.1 Å². The van der Waals surface area contributed by atoms with Crippen LogP contribution in [0.1, 0.15) is 128 Å². The van der Waals surface area contributed by atoms with Gasteiger partial charge in [-0.05, 0) is 74.6 Å². The Morgan fingerprint density at radius 3 is 1.85 bits per heavy atom. The summed E-state index contributed by atoms with van der Waals surface area (Å²) in [5, 5.41) is 22.6. The molecule has 3 aromatic rings. The molecular weight excluding hydrogens is 1200 g/mol. The van der Waals surface area contributed by atoms with Crippen molar-refractivity contribution in [1.82, 2.24) is 25.8 Å². The largest absolute Gasteiger partial charge is 0.493 e. The fourth-order valence-electron chi connectivity index (χ4n) is 9.55. The van der Waals surface area contributed by atoms with E-state index in [0.29, 0.717) is 99.4 Å². The third kappa shape index (κ3) is 23.2. The number of aliphatic hydroxyl groups excluding tert-OH is 1. The molecule has 25 nitrogen and oxygen atoms in total. The highest BCUT2D eigenvalue weighted by Gasteiger charge is 2.45. The zero-order valence-electron chi connectivity index (χ0n) is 54.7. The van der Waals surface area contributed by atoms with E-state index in [-0.39, 0.29) is 100 Å². The Balaban J connectivity index is 0.00000298. The molecule has 510 valence electrons. The number of aliphatic hydroxyl groups is 1. The number of fused-ring (bicyclic) bond motifs is 4. The number of aliphatic imine (C=N–C) groups is 1. The molecule has 7 amide bonds. The highest BCUT2D eigenvalue weighted by molar-refractivity contribution is 6.07. The second-order valence-electron chi connectivity index (χ2n) is 20.9. The van der Waals surface area contributed by atoms with Gasteiger partial charge in [0.05, 0.1) is 121 Å². The summed E-state index contributed by atoms with van der Waals surface area (Å²) in [5.74, 6) is -1.14. The summed E-state index contributed by atoms with van der Waals surface area (Å²) in [7, 11) is 2.91. The molecule has 4 aliphatic rings. The van der Waals surface area contributed by atoms with Gasteiger partial charge in [0.15, 0.2) is 29.2 Å². The normalized spacial score (nSPS) is 16.2. The second kappa shape index (κ2) is 41.1. The SMILES string of the molecule is C.C/C=C/C1=CN2C(=O)c3cc(OC)c(OCCCOc4cc5c(cc4OC)C(=O)N4C=C(/C=C/C)CC4C(O)N5C(=O)OCc4ccc(NC(=O)C(C)NC(=O)CNC(=O)CCOCCOCCOCCOCCNC(=O)CC)cc4)cc3N=CC2C1.CC.CCC. The molecule has 4 atom stereocenters. The van der Waals surface area contributed by atoms with Crippen molar-refractivity contribution in [3.63, 3.8) is 0 Å². The lowest BCUT2D eigenvalue weighted by atomic mass is 10.1. The summed E-state index contributed by atoms with van der Waals surface area (Å²) in [6.45, 7) is 18.0. The Bertz CT molecular complexity index is 3090. The van der Waals surface area contributed by atoms with E-state index in [1.807, 2.05) is 58.2 Å². The predicted octanol–water partition coefficient (Wildman–Crippen LogP) is 8.71. The summed E-state index contributed by atoms with van der Waals surface area (Å²) in [6.07, 6.45) is 13.2. The number of carbonyl (C=O) groups excluding carboxylic acids is 7. The van der Waals surface area contributed by atoms with Gasteiger partial charge in [0.25, 0.3) is 11.8 Å². The highest BCUT2D eigenvalue weighted by Crippen LogP contribution is 2.43. The van der Waals surface area contributed by atoms with E-state index in [1.54, 1.807) is 60.6 Å². The molecule has 7 rings (SSSR count). The maximum atomic E-state index is 14.3. The first-order valence-electron chi connectivity index (χ1n) is 31.3. The number of nitrogens with one attached hydrogen (secondary N) is 4. The molecule has 0 saturated carbocycles. The van der Waals surface area contributed by atoms with Gasteiger partial charge in [-0.25, -0.2) is 9.69 Å². The molecule has 0 radical (unpaired) electrons. The standard InChI is InChI=1S/C62H78N8O17.C3H8.C2H6.CH4/c1-7-11-42-29-45-35-64-48-33-53(51(79-5)31-46(48)59(75)68(45)37-42)85-19-10-20-86-54-34-49-47(32-52(54)80-6)60(76)69-38-43(12-8-2)30-50(69)61(77)70(49)62(78)87-39-41-13-15-44(16-14-41)67-58(74)40(4)66-57(73)36-65-56(72)17-21-81-23-25-83-27-28-84-26-24-82-22-18-63-55(71)9-3;1-3-2;1-2;/h7-8,11-16,31-35,37-38,40,45,50,61,77H,9-10,17-30,36,39H2,1-6H3,(H,63,71)(H,65,72)(H,66,73)(H,67,74);3H2,1-2H3;1-2H3;1H4/b11-7+,12-8+;;;. The monoisotopic (exact) mass is 1300 g/mol. The van der Waals surface area contributed by atoms with Crippen LogP contribution in [0.4, 0.5) is 21.9 Å². The lowest BCUT2D eigenvalue weighted by Gasteiger charge is -2.31. The predicted molar refractivity (Wildman–Crippen MR) is 354 cm³/mol. The van der Waals surface area contributed by atoms with Crippen LogP contribution in [0.25, 0.3) is 0 Å². The molecule has 4 heterocycles. The zero-order valence-corrected chi connectivity index (χ0v) is 54.7. The van der Waals surface area contributed by atoms with Gasteiger partial charge in [-0.15, -0.1) is 0 Å². The average molecular weight is 1300 g/mol. The first-order valence-corrected chi connectivity index (χ1v) is 31.3. The number of allylic oxidation sites excluding steroid dienone is 4. The molecule has 93 heavy (non-hydrogen) atoms. The average Bonchev–Trinajstić information content (AvgIpc) is 1.64. The van der Waals surface area contributed by atoms with E-state index in [1.165, 1.54) is 44.6 Å². The number of anilines is 2. The van der Waals surface area contributed by atoms with Crippen molar-refractivity contribution in [2.45, 2.75) is 132 Å². The highest BCUT2D eigenvalue weighted by atomic mass is 16.6. The molecule has 0 saturated heterocycles. The van der Waals surface area contributed by atoms with E-state index in [9.17, 15) is 38.7 Å². The third-order valence-corrected chi connectivity index (χ3v) is 14.0. The van der Waals surface area contributed by atoms with Gasteiger partial charge in [0.1, 0.15) is 12.6 Å². The van der Waals surface area contributed by atoms with Gasteiger partial charge in [0.2, 0.25) is 23.6 Å². The van der Waals surface area contributed by atoms with E-state index in [4.69, 9.17) is 42.6 Å². The van der Waals surface area contributed by atoms with E-state index in [0.717, 1.165) is 16.0 Å². The van der Waals surface area contributed by atoms with Crippen molar-refractivity contribution in [3.8, 4) is 23.0 Å². The Labute approximate surface area is 546 Å². The summed E-state index contributed by atoms with van der Waals surface area (Å²) in [4.78, 5) is 100. The fraction of sp³-hybridized carbons (Fsp3) is 0.500. The number of hydrogen-bond donors (Lipinski definition) is 5. The molecule has 0 bridgehead atoms. The van der Waals surface area contributed by atoms with Gasteiger partial charge >= 0.3 is 6.09 Å². The molecule has 4 unspecified atom stereocenters. The van der Waals surface area contributed by atoms with Gasteiger partial charge in [0, 0.05) is 62.2 Å². The molecule has 0 spiro atoms. The number of methoxy groups -OCH3 is 2. The molecule has 5 N–H and O–H groups in total. The smallest absolute Gasteiger partial charge is 0.416 e. The van der Waals surface area contributed by atoms with Crippen molar-refractivity contribution >= 4 is 64.8 Å². The number of carbonyl (C=O) groups is 7. The Morgan fingerprint density at radius 1 is 0.688 bits per heavy atom.